The fourth-order valence-electron chi connectivity index (χ4n) is 0.558. The highest BCUT2D eigenvalue weighted by atomic mass is 13.9. The van der Waals surface area contributed by atoms with E-state index in [1.807, 2.05) is 18.2 Å². The number of hydrogen-bond acceptors (Lipinski definition) is 0. The molecule has 3 radical (unpaired) electrons. The molecule has 0 fully saturated rings. The van der Waals surface area contributed by atoms with Crippen LogP contribution in [0.15, 0.2) is 36.5 Å². The molecule has 0 atom stereocenters. The van der Waals surface area contributed by atoms with E-state index >= 15 is 0 Å². The molecule has 39 valence electrons. The zero-order chi connectivity index (χ0) is 5.11. The van der Waals surface area contributed by atoms with Crippen molar-refractivity contribution in [2.24, 2.45) is 0 Å². The molecule has 0 aromatic heterocycles. The van der Waals surface area contributed by atoms with E-state index in [4.69, 9.17) is 0 Å². The molecule has 1 heteroatoms. The van der Waals surface area contributed by atoms with Crippen molar-refractivity contribution in [1.29, 1.82) is 0 Å². The highest BCUT2D eigenvalue weighted by Gasteiger charge is 1.84. The summed E-state index contributed by atoms with van der Waals surface area (Å²) < 4.78 is 0. The topological polar surface area (TPSA) is 0 Å². The van der Waals surface area contributed by atoms with Crippen molar-refractivity contribution in [3.8, 4) is 0 Å². The summed E-state index contributed by atoms with van der Waals surface area (Å²) >= 11 is 0. The van der Waals surface area contributed by atoms with Crippen molar-refractivity contribution in [2.75, 3.05) is 0 Å². The molecule has 0 heterocycles. The molecule has 1 rings (SSSR count). The van der Waals surface area contributed by atoms with Gasteiger partial charge < -0.3 is 0 Å². The van der Waals surface area contributed by atoms with Crippen molar-refractivity contribution < 1.29 is 0 Å². The molecule has 0 spiro atoms. The molecule has 0 nitrogen and oxygen atoms in total. The Hall–Kier alpha value is -0.715. The van der Waals surface area contributed by atoms with Crippen molar-refractivity contribution in [3.05, 3.63) is 36.5 Å². The lowest BCUT2D eigenvalue weighted by atomic mass is 10.1. The van der Waals surface area contributed by atoms with Crippen molar-refractivity contribution in [3.63, 3.8) is 0 Å². The normalized spacial score (nSPS) is 15.8. The van der Waals surface area contributed by atoms with Gasteiger partial charge in [0.15, 0.2) is 0 Å². The second kappa shape index (κ2) is 3.31. The van der Waals surface area contributed by atoms with Crippen LogP contribution in [0, 0.1) is 0 Å². The molecule has 0 aromatic carbocycles. The average Bonchev–Trinajstić information content (AvgIpc) is 1.69. The van der Waals surface area contributed by atoms with Crippen molar-refractivity contribution in [2.45, 2.75) is 6.42 Å². The van der Waals surface area contributed by atoms with Gasteiger partial charge in [-0.3, -0.25) is 0 Å². The summed E-state index contributed by atoms with van der Waals surface area (Å²) in [6, 6.07) is 0. The van der Waals surface area contributed by atoms with Gasteiger partial charge in [0.05, 0.1) is 0 Å². The predicted octanol–water partition coefficient (Wildman–Crippen LogP) is 1.68. The first kappa shape index (κ1) is 7.28. The first-order chi connectivity index (χ1) is 3.39. The molecule has 8 heavy (non-hydrogen) atoms. The molecule has 1 aliphatic rings. The summed E-state index contributed by atoms with van der Waals surface area (Å²) in [4.78, 5) is 0. The average molecular weight is 103 g/mol. The van der Waals surface area contributed by atoms with Crippen LogP contribution in [0.2, 0.25) is 0 Å². The smallest absolute Gasteiger partial charge is 0 e. The van der Waals surface area contributed by atoms with Gasteiger partial charge >= 0.3 is 0 Å². The molecule has 1 aliphatic carbocycles. The van der Waals surface area contributed by atoms with Gasteiger partial charge in [-0.15, -0.1) is 0 Å². The Morgan fingerprint density at radius 2 is 2.12 bits per heavy atom. The number of hydrogen-bond donors (Lipinski definition) is 0. The predicted molar refractivity (Wildman–Crippen MR) is 37.8 cm³/mol. The minimum Gasteiger partial charge on any atom is -0.0955 e. The largest absolute Gasteiger partial charge is 0.0955 e. The molecule has 0 saturated carbocycles. The van der Waals surface area contributed by atoms with Crippen LogP contribution in [0.5, 0.6) is 0 Å². The summed E-state index contributed by atoms with van der Waals surface area (Å²) in [7, 11) is 0. The Morgan fingerprint density at radius 3 is 2.38 bits per heavy atom. The minimum atomic E-state index is 0. The summed E-state index contributed by atoms with van der Waals surface area (Å²) in [5.41, 5.74) is 1.20. The van der Waals surface area contributed by atoms with Crippen LogP contribution < -0.4 is 0 Å². The second-order valence-electron chi connectivity index (χ2n) is 1.65. The first-order valence-electron chi connectivity index (χ1n) is 2.40. The third kappa shape index (κ3) is 1.83. The van der Waals surface area contributed by atoms with Gasteiger partial charge in [-0.1, -0.05) is 36.5 Å². The van der Waals surface area contributed by atoms with Crippen LogP contribution >= 0.6 is 0 Å². The van der Waals surface area contributed by atoms with Gasteiger partial charge in [0.1, 0.15) is 0 Å². The lowest BCUT2D eigenvalue weighted by molar-refractivity contribution is 1.28. The Kier molecular flexibility index (Phi) is 3.01. The molecule has 0 N–H and O–H groups in total. The Balaban J connectivity index is 0.000000490. The van der Waals surface area contributed by atoms with E-state index < -0.39 is 0 Å². The maximum Gasteiger partial charge on any atom is 0 e. The summed E-state index contributed by atoms with van der Waals surface area (Å²) in [5, 5.41) is 0. The quantitative estimate of drug-likeness (QED) is 0.409. The van der Waals surface area contributed by atoms with Crippen molar-refractivity contribution >= 4 is 8.41 Å². The van der Waals surface area contributed by atoms with E-state index in [9.17, 15) is 0 Å². The third-order valence-electron chi connectivity index (χ3n) is 0.959. The Bertz CT molecular complexity index is 131. The van der Waals surface area contributed by atoms with E-state index in [1.54, 1.807) is 0 Å². The van der Waals surface area contributed by atoms with Crippen molar-refractivity contribution in [1.82, 2.24) is 0 Å². The standard InChI is InChI=1S/C7H8.B/c1-7-5-3-2-4-6-7;/h2-5H,1,6H2;. The fourth-order valence-corrected chi connectivity index (χ4v) is 0.558. The lowest BCUT2D eigenvalue weighted by Crippen LogP contribution is -1.74. The highest BCUT2D eigenvalue weighted by Crippen LogP contribution is 2.05. The van der Waals surface area contributed by atoms with Gasteiger partial charge in [-0.25, -0.2) is 0 Å². The maximum absolute atomic E-state index is 3.78. The molecule has 0 aromatic rings. The zero-order valence-corrected chi connectivity index (χ0v) is 4.80. The molecule has 0 amide bonds. The van der Waals surface area contributed by atoms with E-state index in [0.717, 1.165) is 6.42 Å². The second-order valence-corrected chi connectivity index (χ2v) is 1.65. The molecule has 0 unspecified atom stereocenters. The van der Waals surface area contributed by atoms with E-state index in [2.05, 4.69) is 12.7 Å². The lowest BCUT2D eigenvalue weighted by Gasteiger charge is -1.94. The third-order valence-corrected chi connectivity index (χ3v) is 0.959. The van der Waals surface area contributed by atoms with E-state index in [1.165, 1.54) is 5.57 Å². The van der Waals surface area contributed by atoms with Gasteiger partial charge in [-0.2, -0.15) is 0 Å². The number of allylic oxidation sites excluding steroid dienone is 5. The van der Waals surface area contributed by atoms with Gasteiger partial charge in [0, 0.05) is 8.41 Å². The first-order valence-corrected chi connectivity index (χ1v) is 2.40. The van der Waals surface area contributed by atoms with Gasteiger partial charge in [0.2, 0.25) is 0 Å². The van der Waals surface area contributed by atoms with Crippen LogP contribution in [0.1, 0.15) is 6.42 Å². The van der Waals surface area contributed by atoms with Crippen LogP contribution in [0.4, 0.5) is 0 Å². The highest BCUT2D eigenvalue weighted by molar-refractivity contribution is 5.75. The van der Waals surface area contributed by atoms with E-state index in [-0.39, 0.29) is 8.41 Å². The SMILES string of the molecule is C=C1C=CC=CC1.[B]. The van der Waals surface area contributed by atoms with Crippen LogP contribution in [0.3, 0.4) is 0 Å². The van der Waals surface area contributed by atoms with Gasteiger partial charge in [0.25, 0.3) is 0 Å². The summed E-state index contributed by atoms with van der Waals surface area (Å²) in [6.45, 7) is 3.78. The fraction of sp³-hybridized carbons (Fsp3) is 0.143. The molecule has 0 bridgehead atoms. The molecule has 0 aliphatic heterocycles. The van der Waals surface area contributed by atoms with Gasteiger partial charge in [-0.05, 0) is 6.42 Å². The minimum absolute atomic E-state index is 0. The Labute approximate surface area is 52.2 Å². The zero-order valence-electron chi connectivity index (χ0n) is 4.80. The van der Waals surface area contributed by atoms with Crippen LogP contribution in [0.25, 0.3) is 0 Å². The van der Waals surface area contributed by atoms with Crippen LogP contribution in [-0.2, 0) is 0 Å². The monoisotopic (exact) mass is 103 g/mol. The Morgan fingerprint density at radius 1 is 1.38 bits per heavy atom. The maximum atomic E-state index is 3.78. The molecular weight excluding hydrogens is 94.9 g/mol. The summed E-state index contributed by atoms with van der Waals surface area (Å²) in [5.74, 6) is 0. The molecular formula is C7H8B. The molecule has 0 saturated heterocycles. The number of rotatable bonds is 0. The summed E-state index contributed by atoms with van der Waals surface area (Å²) in [6.07, 6.45) is 9.19. The van der Waals surface area contributed by atoms with E-state index in [0.29, 0.717) is 0 Å². The van der Waals surface area contributed by atoms with Crippen LogP contribution in [-0.4, -0.2) is 8.41 Å².